The molecule has 1 saturated heterocycles. The summed E-state index contributed by atoms with van der Waals surface area (Å²) in [6, 6.07) is 16.6. The van der Waals surface area contributed by atoms with Crippen LogP contribution in [0.15, 0.2) is 48.5 Å². The third-order valence-electron chi connectivity index (χ3n) is 6.65. The van der Waals surface area contributed by atoms with Crippen LogP contribution in [0, 0.1) is 5.92 Å². The Morgan fingerprint density at radius 3 is 2.00 bits per heavy atom. The number of unbranched alkanes of at least 4 members (excludes halogenated alkanes) is 3. The summed E-state index contributed by atoms with van der Waals surface area (Å²) in [5.74, 6) is 0.0675. The van der Waals surface area contributed by atoms with Gasteiger partial charge in [-0.15, -0.1) is 0 Å². The van der Waals surface area contributed by atoms with Gasteiger partial charge >= 0.3 is 29.0 Å². The minimum atomic E-state index is -0.574. The number of benzene rings is 2. The van der Waals surface area contributed by atoms with Gasteiger partial charge in [0.25, 0.3) is 0 Å². The first-order valence-corrected chi connectivity index (χ1v) is 13.5. The summed E-state index contributed by atoms with van der Waals surface area (Å²) < 4.78 is 0. The molecule has 1 N–H and O–H groups in total. The molecule has 9 heteroatoms. The predicted molar refractivity (Wildman–Crippen MR) is 152 cm³/mol. The summed E-state index contributed by atoms with van der Waals surface area (Å²) in [5.41, 5.74) is 2.62. The molecular formula is C28H38Cl2MgN2O4. The van der Waals surface area contributed by atoms with Crippen molar-refractivity contribution in [3.05, 3.63) is 69.7 Å². The van der Waals surface area contributed by atoms with E-state index in [2.05, 4.69) is 44.3 Å². The third kappa shape index (κ3) is 11.5. The van der Waals surface area contributed by atoms with Gasteiger partial charge in [0.05, 0.1) is 0 Å². The van der Waals surface area contributed by atoms with Crippen molar-refractivity contribution in [2.45, 2.75) is 51.4 Å². The molecule has 1 aliphatic heterocycles. The van der Waals surface area contributed by atoms with Gasteiger partial charge in [0.1, 0.15) is 0 Å². The van der Waals surface area contributed by atoms with E-state index in [1.54, 1.807) is 0 Å². The Morgan fingerprint density at radius 1 is 0.919 bits per heavy atom. The van der Waals surface area contributed by atoms with Crippen LogP contribution in [-0.4, -0.2) is 72.6 Å². The number of halogens is 2. The molecule has 200 valence electrons. The first kappa shape index (κ1) is 31.9. The Bertz CT molecular complexity index is 906. The van der Waals surface area contributed by atoms with Crippen molar-refractivity contribution in [2.24, 2.45) is 5.92 Å². The lowest BCUT2D eigenvalue weighted by atomic mass is 9.76. The second-order valence-electron chi connectivity index (χ2n) is 9.36. The molecule has 0 aromatic heterocycles. The van der Waals surface area contributed by atoms with Crippen LogP contribution in [0.25, 0.3) is 0 Å². The second kappa shape index (κ2) is 17.3. The minimum absolute atomic E-state index is 0. The number of hydrogen-bond donors (Lipinski definition) is 1. The van der Waals surface area contributed by atoms with Crippen LogP contribution in [0.3, 0.4) is 0 Å². The molecular weight excluding hydrogens is 524 g/mol. The zero-order valence-electron chi connectivity index (χ0n) is 20.9. The Labute approximate surface area is 246 Å². The maximum Gasteiger partial charge on any atom is 0.339 e. The summed E-state index contributed by atoms with van der Waals surface area (Å²) in [4.78, 5) is 33.5. The molecule has 3 rings (SSSR count). The molecule has 37 heavy (non-hydrogen) atoms. The number of carbonyl (C=O) groups excluding carboxylic acids is 2. The molecule has 2 aromatic carbocycles. The summed E-state index contributed by atoms with van der Waals surface area (Å²) in [5, 5.41) is 4.29. The monoisotopic (exact) mass is 560 g/mol. The van der Waals surface area contributed by atoms with E-state index in [0.717, 1.165) is 68.2 Å². The zero-order valence-corrected chi connectivity index (χ0v) is 22.4. The molecule has 0 bridgehead atoms. The number of amides is 1. The Morgan fingerprint density at radius 2 is 1.46 bits per heavy atom. The zero-order chi connectivity index (χ0) is 25.8. The van der Waals surface area contributed by atoms with E-state index in [9.17, 15) is 9.59 Å². The van der Waals surface area contributed by atoms with Crippen LogP contribution in [0.5, 0.6) is 0 Å². The average Bonchev–Trinajstić information content (AvgIpc) is 2.86. The molecule has 6 nitrogen and oxygen atoms in total. The van der Waals surface area contributed by atoms with Crippen molar-refractivity contribution in [3.8, 4) is 0 Å². The molecule has 0 spiro atoms. The summed E-state index contributed by atoms with van der Waals surface area (Å²) in [6.07, 6.45) is 6.61. The van der Waals surface area contributed by atoms with Gasteiger partial charge in [0.2, 0.25) is 5.91 Å². The quantitative estimate of drug-likeness (QED) is 0.160. The number of carbonyl (C=O) groups is 2. The number of nitrogens with one attached hydrogen (secondary N) is 1. The van der Waals surface area contributed by atoms with Crippen molar-refractivity contribution in [2.75, 3.05) is 32.8 Å². The third-order valence-corrected chi connectivity index (χ3v) is 7.16. The van der Waals surface area contributed by atoms with Gasteiger partial charge in [-0.3, -0.25) is 9.68 Å². The van der Waals surface area contributed by atoms with Crippen LogP contribution < -0.4 is 5.32 Å². The number of piperidine rings is 1. The molecule has 0 atom stereocenters. The molecule has 0 radical (unpaired) electrons. The summed E-state index contributed by atoms with van der Waals surface area (Å²) >= 11 is 12.3. The van der Waals surface area contributed by atoms with Gasteiger partial charge in [0.15, 0.2) is 6.61 Å². The second-order valence-corrected chi connectivity index (χ2v) is 10.2. The van der Waals surface area contributed by atoms with Gasteiger partial charge in [-0.05, 0) is 86.6 Å². The smallest absolute Gasteiger partial charge is 0.339 e. The van der Waals surface area contributed by atoms with Crippen molar-refractivity contribution < 1.29 is 19.4 Å². The van der Waals surface area contributed by atoms with E-state index in [-0.39, 0.29) is 35.6 Å². The highest BCUT2D eigenvalue weighted by Gasteiger charge is 2.28. The predicted octanol–water partition coefficient (Wildman–Crippen LogP) is 5.09. The highest BCUT2D eigenvalue weighted by Crippen LogP contribution is 2.38. The number of hydrogen-bond acceptors (Lipinski definition) is 5. The number of nitrogens with zero attached hydrogens (tertiary/aromatic N) is 1. The Kier molecular flexibility index (Phi) is 14.9. The van der Waals surface area contributed by atoms with Gasteiger partial charge in [-0.1, -0.05) is 60.3 Å². The topological polar surface area (TPSA) is 67.9 Å². The van der Waals surface area contributed by atoms with Crippen LogP contribution in [0.1, 0.15) is 62.5 Å². The van der Waals surface area contributed by atoms with Crippen LogP contribution >= 0.6 is 23.2 Å². The Hall–Kier alpha value is -1.35. The standard InChI is InChI=1S/C28H36Cl2N2O4.Mg.2H/c1-21(33)36-35-20-27(34)31-16-4-2-3-5-17-32-18-14-24(15-19-32)28(22-6-10-25(29)11-7-22)23-8-12-26(30)13-9-23;;;/h6-13,24,28H,2-5,14-20H2,1H3,(H,31,34);;;. The minimum Gasteiger partial charge on any atom is -0.354 e. The molecule has 0 saturated carbocycles. The van der Waals surface area contributed by atoms with Crippen LogP contribution in [0.4, 0.5) is 0 Å². The Balaban J connectivity index is 0.00000481. The van der Waals surface area contributed by atoms with Crippen molar-refractivity contribution in [3.63, 3.8) is 0 Å². The van der Waals surface area contributed by atoms with Crippen LogP contribution in [-0.2, 0) is 19.4 Å². The fraction of sp³-hybridized carbons (Fsp3) is 0.500. The average molecular weight is 562 g/mol. The molecule has 0 aliphatic carbocycles. The first-order valence-electron chi connectivity index (χ1n) is 12.7. The fourth-order valence-electron chi connectivity index (χ4n) is 4.85. The van der Waals surface area contributed by atoms with Gasteiger partial charge < -0.3 is 10.2 Å². The van der Waals surface area contributed by atoms with E-state index >= 15 is 0 Å². The van der Waals surface area contributed by atoms with Gasteiger partial charge in [-0.2, -0.15) is 4.89 Å². The normalized spacial score (nSPS) is 14.3. The highest BCUT2D eigenvalue weighted by atomic mass is 35.5. The lowest BCUT2D eigenvalue weighted by Gasteiger charge is -2.36. The van der Waals surface area contributed by atoms with Gasteiger partial charge in [0, 0.05) is 29.4 Å². The van der Waals surface area contributed by atoms with Crippen molar-refractivity contribution in [1.82, 2.24) is 10.2 Å². The van der Waals surface area contributed by atoms with Crippen molar-refractivity contribution >= 4 is 58.1 Å². The molecule has 0 unspecified atom stereocenters. The molecule has 1 fully saturated rings. The number of rotatable bonds is 13. The molecule has 1 heterocycles. The summed E-state index contributed by atoms with van der Waals surface area (Å²) in [6.45, 7) is 4.89. The summed E-state index contributed by atoms with van der Waals surface area (Å²) in [7, 11) is 0. The largest absolute Gasteiger partial charge is 0.354 e. The first-order chi connectivity index (χ1) is 17.4. The highest BCUT2D eigenvalue weighted by molar-refractivity contribution is 6.30. The molecule has 1 aliphatic rings. The van der Waals surface area contributed by atoms with Gasteiger partial charge in [-0.25, -0.2) is 4.79 Å². The molecule has 1 amide bonds. The van der Waals surface area contributed by atoms with E-state index in [1.165, 1.54) is 18.1 Å². The maximum absolute atomic E-state index is 11.6. The van der Waals surface area contributed by atoms with Crippen molar-refractivity contribution in [1.29, 1.82) is 0 Å². The van der Waals surface area contributed by atoms with E-state index in [1.807, 2.05) is 24.3 Å². The SMILES string of the molecule is CC(=O)OOCC(=O)NCCCCCCN1CCC(C(c2ccc(Cl)cc2)c2ccc(Cl)cc2)CC1.[MgH2]. The molecule has 2 aromatic rings. The number of likely N-dealkylation sites (tertiary alicyclic amines) is 1. The fourth-order valence-corrected chi connectivity index (χ4v) is 5.10. The lowest BCUT2D eigenvalue weighted by Crippen LogP contribution is -2.36. The van der Waals surface area contributed by atoms with E-state index < -0.39 is 5.97 Å². The van der Waals surface area contributed by atoms with E-state index in [0.29, 0.717) is 18.4 Å². The lowest BCUT2D eigenvalue weighted by molar-refractivity contribution is -0.266. The maximum atomic E-state index is 11.6. The van der Waals surface area contributed by atoms with Crippen LogP contribution in [0.2, 0.25) is 10.0 Å². The van der Waals surface area contributed by atoms with E-state index in [4.69, 9.17) is 23.2 Å².